The molecule has 2 bridgehead atoms. The Labute approximate surface area is 146 Å². The van der Waals surface area contributed by atoms with Crippen LogP contribution < -0.4 is 5.32 Å². The summed E-state index contributed by atoms with van der Waals surface area (Å²) in [5, 5.41) is 4.26. The van der Waals surface area contributed by atoms with Gasteiger partial charge >= 0.3 is 0 Å². The van der Waals surface area contributed by atoms with Crippen LogP contribution in [-0.4, -0.2) is 31.3 Å². The summed E-state index contributed by atoms with van der Waals surface area (Å²) in [7, 11) is 0. The highest BCUT2D eigenvalue weighted by atomic mass is 32.1. The van der Waals surface area contributed by atoms with E-state index in [1.807, 2.05) is 18.2 Å². The highest BCUT2D eigenvalue weighted by Gasteiger charge is 2.50. The van der Waals surface area contributed by atoms with E-state index in [9.17, 15) is 0 Å². The molecular weight excluding hydrogens is 324 g/mol. The largest absolute Gasteiger partial charge is 0.345 e. The number of hydrogen-bond acceptors (Lipinski definition) is 4. The Morgan fingerprint density at radius 2 is 2.04 bits per heavy atom. The number of anilines is 1. The van der Waals surface area contributed by atoms with E-state index >= 15 is 0 Å². The normalized spacial score (nSPS) is 29.0. The monoisotopic (exact) mass is 346 g/mol. The van der Waals surface area contributed by atoms with E-state index in [2.05, 4.69) is 39.7 Å². The molecule has 23 heavy (non-hydrogen) atoms. The number of fused-ring (bicyclic) bond motifs is 3. The van der Waals surface area contributed by atoms with Crippen molar-refractivity contribution < 1.29 is 0 Å². The molecule has 2 heterocycles. The molecule has 2 aliphatic rings. The first-order chi connectivity index (χ1) is 10.8. The molecule has 0 radical (unpaired) electrons. The van der Waals surface area contributed by atoms with Crippen molar-refractivity contribution in [3.05, 3.63) is 18.2 Å². The highest BCUT2D eigenvalue weighted by Crippen LogP contribution is 2.52. The summed E-state index contributed by atoms with van der Waals surface area (Å²) in [5.74, 6) is 0. The first kappa shape index (κ1) is 15.3. The summed E-state index contributed by atoms with van der Waals surface area (Å²) in [6.45, 7) is 8.26. The molecule has 0 unspecified atom stereocenters. The van der Waals surface area contributed by atoms with Gasteiger partial charge in [-0.05, 0) is 60.5 Å². The number of rotatable bonds is 1. The summed E-state index contributed by atoms with van der Waals surface area (Å²) < 4.78 is 8.55. The topological polar surface area (TPSA) is 41.0 Å². The Hall–Kier alpha value is -1.27. The minimum atomic E-state index is 0.390. The fourth-order valence-corrected chi connectivity index (χ4v) is 5.60. The van der Waals surface area contributed by atoms with Gasteiger partial charge in [-0.3, -0.25) is 0 Å². The zero-order valence-corrected chi connectivity index (χ0v) is 15.4. The van der Waals surface area contributed by atoms with Gasteiger partial charge in [0.05, 0.1) is 11.7 Å². The molecule has 1 aliphatic carbocycles. The van der Waals surface area contributed by atoms with Crippen LogP contribution in [0.5, 0.6) is 0 Å². The lowest BCUT2D eigenvalue weighted by molar-refractivity contribution is 0.132. The van der Waals surface area contributed by atoms with Gasteiger partial charge in [-0.2, -0.15) is 8.75 Å². The molecule has 1 saturated carbocycles. The lowest BCUT2D eigenvalue weighted by Gasteiger charge is -2.39. The molecule has 2 aromatic rings. The summed E-state index contributed by atoms with van der Waals surface area (Å²) in [4.78, 5) is 2.41. The summed E-state index contributed by atoms with van der Waals surface area (Å²) >= 11 is 6.97. The van der Waals surface area contributed by atoms with E-state index in [1.165, 1.54) is 31.0 Å². The van der Waals surface area contributed by atoms with E-state index in [0.29, 0.717) is 16.9 Å². The summed E-state index contributed by atoms with van der Waals surface area (Å²) in [5.41, 5.74) is 3.67. The average molecular weight is 347 g/mol. The molecule has 4 nitrogen and oxygen atoms in total. The van der Waals surface area contributed by atoms with Crippen LogP contribution in [0.4, 0.5) is 5.69 Å². The molecule has 0 amide bonds. The smallest absolute Gasteiger partial charge is 0.173 e. The maximum absolute atomic E-state index is 5.73. The van der Waals surface area contributed by atoms with E-state index in [1.54, 1.807) is 0 Å². The Bertz CT molecular complexity index is 769. The van der Waals surface area contributed by atoms with E-state index in [4.69, 9.17) is 12.2 Å². The standard InChI is InChI=1S/C17H22N4S2/c1-16(2)7-12-8-17(3,9-16)10-21(12)15(22)18-11-4-5-13-14(6-11)20-23-19-13/h4-6,12H,7-10H2,1-3H3,(H,18,22)/t12-,17+/m1/s1. The molecule has 1 saturated heterocycles. The van der Waals surface area contributed by atoms with Crippen molar-refractivity contribution in [1.82, 2.24) is 13.6 Å². The molecular formula is C17H22N4S2. The predicted molar refractivity (Wildman–Crippen MR) is 99.9 cm³/mol. The van der Waals surface area contributed by atoms with Crippen molar-refractivity contribution in [3.8, 4) is 0 Å². The number of thiocarbonyl (C=S) groups is 1. The Morgan fingerprint density at radius 1 is 1.26 bits per heavy atom. The van der Waals surface area contributed by atoms with Gasteiger partial charge in [0, 0.05) is 18.3 Å². The third-order valence-corrected chi connectivity index (χ3v) is 6.07. The predicted octanol–water partition coefficient (Wildman–Crippen LogP) is 4.29. The highest BCUT2D eigenvalue weighted by molar-refractivity contribution is 7.80. The van der Waals surface area contributed by atoms with Gasteiger partial charge in [-0.25, -0.2) is 0 Å². The van der Waals surface area contributed by atoms with Crippen LogP contribution in [-0.2, 0) is 0 Å². The SMILES string of the molecule is CC1(C)C[C@@H]2C[C@](C)(CN2C(=S)Nc2ccc3nsnc3c2)C1. The molecule has 2 atom stereocenters. The number of hydrogen-bond donors (Lipinski definition) is 1. The van der Waals surface area contributed by atoms with Crippen molar-refractivity contribution in [3.63, 3.8) is 0 Å². The molecule has 1 N–H and O–H groups in total. The van der Waals surface area contributed by atoms with E-state index in [0.717, 1.165) is 28.4 Å². The number of nitrogens with zero attached hydrogens (tertiary/aromatic N) is 3. The van der Waals surface area contributed by atoms with Gasteiger partial charge in [-0.1, -0.05) is 20.8 Å². The molecule has 1 aliphatic heterocycles. The van der Waals surface area contributed by atoms with Crippen LogP contribution in [0, 0.1) is 10.8 Å². The quantitative estimate of drug-likeness (QED) is 0.780. The molecule has 6 heteroatoms. The molecule has 122 valence electrons. The van der Waals surface area contributed by atoms with Crippen LogP contribution >= 0.6 is 23.9 Å². The Kier molecular flexibility index (Phi) is 3.39. The molecule has 2 fully saturated rings. The average Bonchev–Trinajstić information content (AvgIpc) is 2.99. The Balaban J connectivity index is 1.53. The van der Waals surface area contributed by atoms with Gasteiger partial charge in [0.1, 0.15) is 11.0 Å². The van der Waals surface area contributed by atoms with Crippen LogP contribution in [0.2, 0.25) is 0 Å². The summed E-state index contributed by atoms with van der Waals surface area (Å²) in [6.07, 6.45) is 3.76. The first-order valence-corrected chi connectivity index (χ1v) is 9.28. The van der Waals surface area contributed by atoms with E-state index < -0.39 is 0 Å². The Morgan fingerprint density at radius 3 is 2.87 bits per heavy atom. The maximum Gasteiger partial charge on any atom is 0.173 e. The number of likely N-dealkylation sites (tertiary alicyclic amines) is 1. The minimum absolute atomic E-state index is 0.390. The lowest BCUT2D eigenvalue weighted by atomic mass is 9.65. The minimum Gasteiger partial charge on any atom is -0.345 e. The van der Waals surface area contributed by atoms with E-state index in [-0.39, 0.29) is 0 Å². The fraction of sp³-hybridized carbons (Fsp3) is 0.588. The van der Waals surface area contributed by atoms with Crippen molar-refractivity contribution in [1.29, 1.82) is 0 Å². The van der Waals surface area contributed by atoms with Crippen molar-refractivity contribution in [2.24, 2.45) is 10.8 Å². The molecule has 1 aromatic heterocycles. The molecule has 1 aromatic carbocycles. The van der Waals surface area contributed by atoms with Crippen LogP contribution in [0.1, 0.15) is 40.0 Å². The van der Waals surface area contributed by atoms with Crippen molar-refractivity contribution in [2.75, 3.05) is 11.9 Å². The number of aromatic nitrogens is 2. The fourth-order valence-electron chi connectivity index (χ4n) is 4.75. The van der Waals surface area contributed by atoms with Gasteiger partial charge in [0.25, 0.3) is 0 Å². The lowest BCUT2D eigenvalue weighted by Crippen LogP contribution is -2.39. The molecule has 0 spiro atoms. The van der Waals surface area contributed by atoms with Crippen LogP contribution in [0.25, 0.3) is 11.0 Å². The third-order valence-electron chi connectivity index (χ3n) is 5.18. The van der Waals surface area contributed by atoms with Gasteiger partial charge in [0.2, 0.25) is 0 Å². The van der Waals surface area contributed by atoms with Crippen LogP contribution in [0.3, 0.4) is 0 Å². The maximum atomic E-state index is 5.73. The third kappa shape index (κ3) is 2.83. The zero-order chi connectivity index (χ0) is 16.2. The first-order valence-electron chi connectivity index (χ1n) is 8.14. The second-order valence-corrected chi connectivity index (χ2v) is 9.15. The van der Waals surface area contributed by atoms with Crippen LogP contribution in [0.15, 0.2) is 18.2 Å². The molecule has 4 rings (SSSR count). The zero-order valence-electron chi connectivity index (χ0n) is 13.8. The second kappa shape index (κ2) is 5.11. The van der Waals surface area contributed by atoms with Gasteiger partial charge in [-0.15, -0.1) is 0 Å². The van der Waals surface area contributed by atoms with Gasteiger partial charge < -0.3 is 10.2 Å². The second-order valence-electron chi connectivity index (χ2n) is 8.24. The number of nitrogens with one attached hydrogen (secondary N) is 1. The van der Waals surface area contributed by atoms with Crippen molar-refractivity contribution >= 4 is 45.8 Å². The summed E-state index contributed by atoms with van der Waals surface area (Å²) in [6, 6.07) is 6.62. The number of benzene rings is 1. The van der Waals surface area contributed by atoms with Crippen molar-refractivity contribution in [2.45, 2.75) is 46.1 Å². The van der Waals surface area contributed by atoms with Gasteiger partial charge in [0.15, 0.2) is 5.11 Å².